The summed E-state index contributed by atoms with van der Waals surface area (Å²) in [4.78, 5) is 13.2. The van der Waals surface area contributed by atoms with Crippen LogP contribution in [0.4, 0.5) is 20.4 Å². The molecule has 3 aromatic heterocycles. The maximum atomic E-state index is 12.7. The lowest BCUT2D eigenvalue weighted by molar-refractivity contribution is 0.116. The second kappa shape index (κ2) is 8.94. The van der Waals surface area contributed by atoms with Crippen molar-refractivity contribution < 1.29 is 18.3 Å². The van der Waals surface area contributed by atoms with Crippen LogP contribution in [-0.4, -0.2) is 41.4 Å². The molecule has 0 fully saturated rings. The van der Waals surface area contributed by atoms with Gasteiger partial charge in [0.25, 0.3) is 11.8 Å². The highest BCUT2D eigenvalue weighted by Gasteiger charge is 2.18. The fourth-order valence-electron chi connectivity index (χ4n) is 3.70. The van der Waals surface area contributed by atoms with E-state index >= 15 is 0 Å². The highest BCUT2D eigenvalue weighted by molar-refractivity contribution is 5.96. The monoisotopic (exact) mass is 463 g/mol. The molecule has 0 amide bonds. The standard InChI is InChI=1S/C23H19F2N7O2/c1-13-28-19-17(14-5-3-2-4-6-14)9-16(10-18(19)32(13)7-8-33)29-23-26-11-15(12-27-23)21-30-31-22(34-21)20(24)25/h2-6,9-12,20,33H,7-8H2,1H3,(H,26,27,29). The van der Waals surface area contributed by atoms with E-state index in [1.807, 2.05) is 54.0 Å². The number of benzene rings is 2. The maximum Gasteiger partial charge on any atom is 0.314 e. The summed E-state index contributed by atoms with van der Waals surface area (Å²) in [5, 5.41) is 19.6. The number of nitrogens with zero attached hydrogens (tertiary/aromatic N) is 6. The number of nitrogens with one attached hydrogen (secondary N) is 1. The molecule has 11 heteroatoms. The number of aryl methyl sites for hydroxylation is 1. The van der Waals surface area contributed by atoms with E-state index < -0.39 is 12.3 Å². The Morgan fingerprint density at radius 3 is 2.50 bits per heavy atom. The summed E-state index contributed by atoms with van der Waals surface area (Å²) in [5.41, 5.74) is 4.63. The van der Waals surface area contributed by atoms with Crippen LogP contribution >= 0.6 is 0 Å². The van der Waals surface area contributed by atoms with E-state index in [2.05, 4.69) is 25.5 Å². The molecule has 2 aromatic carbocycles. The first-order valence-corrected chi connectivity index (χ1v) is 10.4. The number of aliphatic hydroxyl groups is 1. The predicted molar refractivity (Wildman–Crippen MR) is 121 cm³/mol. The number of halogens is 2. The van der Waals surface area contributed by atoms with Gasteiger partial charge in [0.1, 0.15) is 5.82 Å². The van der Waals surface area contributed by atoms with Crippen LogP contribution in [0.1, 0.15) is 18.1 Å². The van der Waals surface area contributed by atoms with Gasteiger partial charge in [-0.05, 0) is 24.6 Å². The highest BCUT2D eigenvalue weighted by atomic mass is 19.3. The van der Waals surface area contributed by atoms with Gasteiger partial charge in [-0.15, -0.1) is 10.2 Å². The minimum absolute atomic E-state index is 0.0157. The molecule has 0 unspecified atom stereocenters. The first-order chi connectivity index (χ1) is 16.5. The second-order valence-electron chi connectivity index (χ2n) is 7.46. The lowest BCUT2D eigenvalue weighted by Crippen LogP contribution is -2.04. The molecule has 0 aliphatic rings. The summed E-state index contributed by atoms with van der Waals surface area (Å²) in [6.07, 6.45) is -0.0243. The Hall–Kier alpha value is -4.25. The van der Waals surface area contributed by atoms with E-state index in [-0.39, 0.29) is 12.5 Å². The van der Waals surface area contributed by atoms with Gasteiger partial charge in [-0.2, -0.15) is 8.78 Å². The van der Waals surface area contributed by atoms with Gasteiger partial charge >= 0.3 is 6.43 Å². The quantitative estimate of drug-likeness (QED) is 0.362. The molecule has 0 aliphatic carbocycles. The molecule has 0 saturated heterocycles. The molecule has 0 atom stereocenters. The Morgan fingerprint density at radius 2 is 1.82 bits per heavy atom. The Kier molecular flexibility index (Phi) is 5.68. The van der Waals surface area contributed by atoms with Gasteiger partial charge in [0.05, 0.1) is 23.2 Å². The van der Waals surface area contributed by atoms with Crippen molar-refractivity contribution in [3.63, 3.8) is 0 Å². The summed E-state index contributed by atoms with van der Waals surface area (Å²) in [6.45, 7) is 2.30. The minimum atomic E-state index is -2.85. The molecule has 9 nitrogen and oxygen atoms in total. The minimum Gasteiger partial charge on any atom is -0.415 e. The maximum absolute atomic E-state index is 12.7. The molecule has 34 heavy (non-hydrogen) atoms. The van der Waals surface area contributed by atoms with Gasteiger partial charge in [-0.3, -0.25) is 0 Å². The highest BCUT2D eigenvalue weighted by Crippen LogP contribution is 2.33. The van der Waals surface area contributed by atoms with Crippen molar-refractivity contribution in [1.82, 2.24) is 29.7 Å². The molecule has 5 rings (SSSR count). The topological polar surface area (TPSA) is 115 Å². The average Bonchev–Trinajstić information content (AvgIpc) is 3.46. The molecule has 5 aromatic rings. The summed E-state index contributed by atoms with van der Waals surface area (Å²) in [7, 11) is 0. The summed E-state index contributed by atoms with van der Waals surface area (Å²) in [5.74, 6) is 0.245. The van der Waals surface area contributed by atoms with Crippen LogP contribution in [0, 0.1) is 6.92 Å². The number of hydrogen-bond donors (Lipinski definition) is 2. The van der Waals surface area contributed by atoms with E-state index in [0.717, 1.165) is 33.7 Å². The van der Waals surface area contributed by atoms with Gasteiger partial charge < -0.3 is 19.4 Å². The molecular formula is C23H19F2N7O2. The largest absolute Gasteiger partial charge is 0.415 e. The van der Waals surface area contributed by atoms with Crippen LogP contribution in [0.5, 0.6) is 0 Å². The Bertz CT molecular complexity index is 1430. The third-order valence-electron chi connectivity index (χ3n) is 5.24. The Morgan fingerprint density at radius 1 is 1.06 bits per heavy atom. The van der Waals surface area contributed by atoms with E-state index in [1.54, 1.807) is 0 Å². The molecule has 2 N–H and O–H groups in total. The fourth-order valence-corrected chi connectivity index (χ4v) is 3.70. The number of alkyl halides is 2. The smallest absolute Gasteiger partial charge is 0.314 e. The van der Waals surface area contributed by atoms with Crippen LogP contribution < -0.4 is 5.32 Å². The van der Waals surface area contributed by atoms with Gasteiger partial charge in [0, 0.05) is 30.2 Å². The van der Waals surface area contributed by atoms with E-state index in [9.17, 15) is 13.9 Å². The zero-order valence-electron chi connectivity index (χ0n) is 18.0. The Balaban J connectivity index is 1.51. The zero-order valence-corrected chi connectivity index (χ0v) is 18.0. The molecule has 0 aliphatic heterocycles. The molecule has 0 spiro atoms. The molecule has 0 saturated carbocycles. The summed E-state index contributed by atoms with van der Waals surface area (Å²) in [6, 6.07) is 13.7. The SMILES string of the molecule is Cc1nc2c(-c3ccccc3)cc(Nc3ncc(-c4nnc(C(F)F)o4)cn3)cc2n1CCO. The van der Waals surface area contributed by atoms with Crippen molar-refractivity contribution in [3.8, 4) is 22.6 Å². The fraction of sp³-hybridized carbons (Fsp3) is 0.174. The number of anilines is 2. The normalized spacial score (nSPS) is 11.4. The van der Waals surface area contributed by atoms with Crippen molar-refractivity contribution in [3.05, 3.63) is 66.6 Å². The summed E-state index contributed by atoms with van der Waals surface area (Å²) >= 11 is 0. The van der Waals surface area contributed by atoms with Crippen LogP contribution in [0.2, 0.25) is 0 Å². The summed E-state index contributed by atoms with van der Waals surface area (Å²) < 4.78 is 32.3. The predicted octanol–water partition coefficient (Wildman–Crippen LogP) is 4.53. The molecular weight excluding hydrogens is 444 g/mol. The molecule has 3 heterocycles. The van der Waals surface area contributed by atoms with Crippen LogP contribution in [0.15, 0.2) is 59.3 Å². The Labute approximate surface area is 192 Å². The zero-order chi connectivity index (χ0) is 23.7. The van der Waals surface area contributed by atoms with Gasteiger partial charge in [0.2, 0.25) is 5.95 Å². The lowest BCUT2D eigenvalue weighted by atomic mass is 10.0. The van der Waals surface area contributed by atoms with Crippen LogP contribution in [0.3, 0.4) is 0 Å². The number of aromatic nitrogens is 6. The number of fused-ring (bicyclic) bond motifs is 1. The number of aliphatic hydroxyl groups excluding tert-OH is 1. The number of rotatable bonds is 7. The van der Waals surface area contributed by atoms with Gasteiger partial charge in [0.15, 0.2) is 0 Å². The first kappa shape index (κ1) is 21.6. The molecule has 0 radical (unpaired) electrons. The first-order valence-electron chi connectivity index (χ1n) is 10.4. The van der Waals surface area contributed by atoms with Gasteiger partial charge in [-0.25, -0.2) is 15.0 Å². The van der Waals surface area contributed by atoms with Crippen molar-refractivity contribution in [1.29, 1.82) is 0 Å². The van der Waals surface area contributed by atoms with E-state index in [1.165, 1.54) is 12.4 Å². The number of hydrogen-bond acceptors (Lipinski definition) is 8. The van der Waals surface area contributed by atoms with Crippen molar-refractivity contribution >= 4 is 22.7 Å². The van der Waals surface area contributed by atoms with Crippen molar-refractivity contribution in [2.24, 2.45) is 0 Å². The van der Waals surface area contributed by atoms with E-state index in [0.29, 0.717) is 18.1 Å². The third-order valence-corrected chi connectivity index (χ3v) is 5.24. The van der Waals surface area contributed by atoms with Gasteiger partial charge in [-0.1, -0.05) is 30.3 Å². The molecule has 0 bridgehead atoms. The lowest BCUT2D eigenvalue weighted by Gasteiger charge is -2.11. The van der Waals surface area contributed by atoms with E-state index in [4.69, 9.17) is 9.40 Å². The van der Waals surface area contributed by atoms with Crippen molar-refractivity contribution in [2.45, 2.75) is 19.9 Å². The van der Waals surface area contributed by atoms with Crippen LogP contribution in [0.25, 0.3) is 33.6 Å². The third kappa shape index (κ3) is 4.08. The molecule has 172 valence electrons. The average molecular weight is 463 g/mol. The number of imidazole rings is 1. The van der Waals surface area contributed by atoms with Crippen molar-refractivity contribution in [2.75, 3.05) is 11.9 Å². The van der Waals surface area contributed by atoms with Crippen LogP contribution in [-0.2, 0) is 6.54 Å². The second-order valence-corrected chi connectivity index (χ2v) is 7.46.